The lowest BCUT2D eigenvalue weighted by Gasteiger charge is -2.07. The summed E-state index contributed by atoms with van der Waals surface area (Å²) in [5, 5.41) is 8.72. The fraction of sp³-hybridized carbons (Fsp3) is 0.118. The van der Waals surface area contributed by atoms with Gasteiger partial charge in [0.15, 0.2) is 5.82 Å². The summed E-state index contributed by atoms with van der Waals surface area (Å²) in [4.78, 5) is 0. The van der Waals surface area contributed by atoms with Crippen molar-refractivity contribution in [3.05, 3.63) is 63.6 Å². The number of nitrogens with one attached hydrogen (secondary N) is 1. The van der Waals surface area contributed by atoms with Gasteiger partial charge in [-0.05, 0) is 36.8 Å². The first-order valence-corrected chi connectivity index (χ1v) is 8.07. The molecule has 0 saturated carbocycles. The predicted molar refractivity (Wildman–Crippen MR) is 91.1 cm³/mol. The Labute approximate surface area is 146 Å². The molecule has 4 rings (SSSR count). The maximum absolute atomic E-state index is 14.2. The summed E-state index contributed by atoms with van der Waals surface area (Å²) >= 11 is 12.2. The first kappa shape index (κ1) is 15.4. The fourth-order valence-corrected chi connectivity index (χ4v) is 3.40. The number of hydrogen-bond donors (Lipinski definition) is 1. The van der Waals surface area contributed by atoms with Crippen LogP contribution in [0.5, 0.6) is 0 Å². The van der Waals surface area contributed by atoms with Gasteiger partial charge in [0.2, 0.25) is 0 Å². The maximum Gasteiger partial charge on any atom is 0.151 e. The zero-order chi connectivity index (χ0) is 16.8. The van der Waals surface area contributed by atoms with Crippen molar-refractivity contribution >= 4 is 29.0 Å². The van der Waals surface area contributed by atoms with Gasteiger partial charge in [0, 0.05) is 28.8 Å². The molecular formula is C17H11Cl2F2N3. The highest BCUT2D eigenvalue weighted by molar-refractivity contribution is 6.36. The molecule has 24 heavy (non-hydrogen) atoms. The summed E-state index contributed by atoms with van der Waals surface area (Å²) < 4.78 is 28.8. The Hall–Kier alpha value is -2.11. The summed E-state index contributed by atoms with van der Waals surface area (Å²) in [5.41, 5.74) is 2.52. The monoisotopic (exact) mass is 365 g/mol. The van der Waals surface area contributed by atoms with Crippen LogP contribution in [0.2, 0.25) is 10.0 Å². The average molecular weight is 366 g/mol. The standard InChI is InChI=1S/C17H11Cl2F2N3/c18-9-1-3-11(13(19)7-9)16-12-5-6-22-17(12)24(23-16)15-4-2-10(20)8-14(15)21/h1-4,7-8,22H,5-6H2. The number of anilines is 1. The summed E-state index contributed by atoms with van der Waals surface area (Å²) in [6, 6.07) is 8.57. The topological polar surface area (TPSA) is 29.9 Å². The van der Waals surface area contributed by atoms with Crippen molar-refractivity contribution in [2.75, 3.05) is 11.9 Å². The zero-order valence-electron chi connectivity index (χ0n) is 12.3. The van der Waals surface area contributed by atoms with Crippen LogP contribution in [0.25, 0.3) is 16.9 Å². The third-order valence-corrected chi connectivity index (χ3v) is 4.52. The van der Waals surface area contributed by atoms with E-state index in [9.17, 15) is 8.78 Å². The van der Waals surface area contributed by atoms with E-state index in [4.69, 9.17) is 23.2 Å². The second kappa shape index (κ2) is 5.76. The van der Waals surface area contributed by atoms with Crippen LogP contribution >= 0.6 is 23.2 Å². The molecule has 1 aromatic heterocycles. The van der Waals surface area contributed by atoms with Crippen molar-refractivity contribution in [3.63, 3.8) is 0 Å². The lowest BCUT2D eigenvalue weighted by Crippen LogP contribution is -2.06. The van der Waals surface area contributed by atoms with E-state index in [0.717, 1.165) is 23.6 Å². The van der Waals surface area contributed by atoms with E-state index in [1.807, 2.05) is 0 Å². The molecule has 2 aromatic carbocycles. The van der Waals surface area contributed by atoms with Crippen LogP contribution in [0.15, 0.2) is 36.4 Å². The van der Waals surface area contributed by atoms with Crippen molar-refractivity contribution in [3.8, 4) is 16.9 Å². The van der Waals surface area contributed by atoms with Gasteiger partial charge in [-0.3, -0.25) is 0 Å². The van der Waals surface area contributed by atoms with Crippen LogP contribution in [-0.4, -0.2) is 16.3 Å². The van der Waals surface area contributed by atoms with Gasteiger partial charge in [-0.15, -0.1) is 0 Å². The number of rotatable bonds is 2. The molecule has 0 unspecified atom stereocenters. The number of aromatic nitrogens is 2. The van der Waals surface area contributed by atoms with Crippen molar-refractivity contribution in [1.29, 1.82) is 0 Å². The first-order chi connectivity index (χ1) is 11.5. The molecule has 122 valence electrons. The van der Waals surface area contributed by atoms with E-state index < -0.39 is 11.6 Å². The molecule has 0 bridgehead atoms. The summed E-state index contributed by atoms with van der Waals surface area (Å²) in [7, 11) is 0. The predicted octanol–water partition coefficient (Wildman–Crippen LogP) is 5.09. The van der Waals surface area contributed by atoms with Gasteiger partial charge < -0.3 is 5.32 Å². The van der Waals surface area contributed by atoms with Crippen LogP contribution in [0.1, 0.15) is 5.56 Å². The van der Waals surface area contributed by atoms with Gasteiger partial charge in [0.25, 0.3) is 0 Å². The fourth-order valence-electron chi connectivity index (χ4n) is 2.90. The molecule has 0 aliphatic carbocycles. The van der Waals surface area contributed by atoms with Crippen LogP contribution < -0.4 is 5.32 Å². The van der Waals surface area contributed by atoms with E-state index in [0.29, 0.717) is 28.1 Å². The second-order valence-corrected chi connectivity index (χ2v) is 6.33. The number of benzene rings is 2. The Kier molecular flexibility index (Phi) is 3.70. The molecule has 0 fully saturated rings. The minimum absolute atomic E-state index is 0.179. The van der Waals surface area contributed by atoms with Crippen LogP contribution in [0.3, 0.4) is 0 Å². The molecule has 1 aliphatic rings. The summed E-state index contributed by atoms with van der Waals surface area (Å²) in [6.07, 6.45) is 0.742. The minimum Gasteiger partial charge on any atom is -0.369 e. The van der Waals surface area contributed by atoms with Crippen molar-refractivity contribution in [2.45, 2.75) is 6.42 Å². The van der Waals surface area contributed by atoms with Gasteiger partial charge in [-0.25, -0.2) is 13.5 Å². The van der Waals surface area contributed by atoms with Gasteiger partial charge in [-0.2, -0.15) is 5.10 Å². The minimum atomic E-state index is -0.678. The molecule has 1 aliphatic heterocycles. The Morgan fingerprint density at radius 2 is 1.92 bits per heavy atom. The van der Waals surface area contributed by atoms with Gasteiger partial charge >= 0.3 is 0 Å². The summed E-state index contributed by atoms with van der Waals surface area (Å²) in [5.74, 6) is -0.613. The number of nitrogens with zero attached hydrogens (tertiary/aromatic N) is 2. The highest BCUT2D eigenvalue weighted by atomic mass is 35.5. The SMILES string of the molecule is Fc1ccc(-n2nc(-c3ccc(Cl)cc3Cl)c3c2NCC3)c(F)c1. The Morgan fingerprint density at radius 1 is 1.08 bits per heavy atom. The number of fused-ring (bicyclic) bond motifs is 1. The van der Waals surface area contributed by atoms with Crippen LogP contribution in [-0.2, 0) is 6.42 Å². The molecule has 3 nitrogen and oxygen atoms in total. The molecule has 0 radical (unpaired) electrons. The molecule has 2 heterocycles. The highest BCUT2D eigenvalue weighted by Crippen LogP contribution is 2.38. The summed E-state index contributed by atoms with van der Waals surface area (Å²) in [6.45, 7) is 0.716. The highest BCUT2D eigenvalue weighted by Gasteiger charge is 2.26. The zero-order valence-corrected chi connectivity index (χ0v) is 13.8. The molecule has 3 aromatic rings. The third-order valence-electron chi connectivity index (χ3n) is 3.98. The lowest BCUT2D eigenvalue weighted by atomic mass is 10.1. The molecule has 0 spiro atoms. The van der Waals surface area contributed by atoms with Gasteiger partial charge in [0.05, 0.1) is 10.7 Å². The third kappa shape index (κ3) is 2.44. The van der Waals surface area contributed by atoms with E-state index >= 15 is 0 Å². The molecule has 0 saturated heterocycles. The first-order valence-electron chi connectivity index (χ1n) is 7.31. The smallest absolute Gasteiger partial charge is 0.151 e. The molecule has 7 heteroatoms. The van der Waals surface area contributed by atoms with Crippen LogP contribution in [0, 0.1) is 11.6 Å². The van der Waals surface area contributed by atoms with E-state index in [2.05, 4.69) is 10.4 Å². The Balaban J connectivity index is 1.92. The van der Waals surface area contributed by atoms with Gasteiger partial charge in [-0.1, -0.05) is 23.2 Å². The number of halogens is 4. The average Bonchev–Trinajstić information content (AvgIpc) is 3.11. The van der Waals surface area contributed by atoms with Crippen LogP contribution in [0.4, 0.5) is 14.6 Å². The van der Waals surface area contributed by atoms with Crippen molar-refractivity contribution < 1.29 is 8.78 Å². The van der Waals surface area contributed by atoms with Crippen molar-refractivity contribution in [1.82, 2.24) is 9.78 Å². The molecule has 1 N–H and O–H groups in total. The molecular weight excluding hydrogens is 355 g/mol. The Morgan fingerprint density at radius 3 is 2.67 bits per heavy atom. The van der Waals surface area contributed by atoms with Gasteiger partial charge in [0.1, 0.15) is 17.3 Å². The molecule has 0 atom stereocenters. The van der Waals surface area contributed by atoms with E-state index in [1.165, 1.54) is 16.8 Å². The van der Waals surface area contributed by atoms with Crippen molar-refractivity contribution in [2.24, 2.45) is 0 Å². The van der Waals surface area contributed by atoms with E-state index in [1.54, 1.807) is 18.2 Å². The number of hydrogen-bond acceptors (Lipinski definition) is 2. The quantitative estimate of drug-likeness (QED) is 0.685. The Bertz CT molecular complexity index is 879. The normalized spacial score (nSPS) is 13.0. The lowest BCUT2D eigenvalue weighted by molar-refractivity contribution is 0.574. The largest absolute Gasteiger partial charge is 0.369 e. The van der Waals surface area contributed by atoms with E-state index in [-0.39, 0.29) is 5.69 Å². The second-order valence-electron chi connectivity index (χ2n) is 5.48. The molecule has 0 amide bonds. The maximum atomic E-state index is 14.2.